The Morgan fingerprint density at radius 2 is 1.94 bits per heavy atom. The molecule has 0 aromatic carbocycles. The zero-order chi connectivity index (χ0) is 13.1. The standard InChI is InChI=1S/C10H16N2O5S/c13-9(14)7-5-17-6-8(7)11-10(15)12-1-3-18(16)4-2-12/h7-8H,1-6H2,(H,11,15)(H,13,14). The summed E-state index contributed by atoms with van der Waals surface area (Å²) in [6.07, 6.45) is 0. The molecule has 0 aliphatic carbocycles. The van der Waals surface area contributed by atoms with E-state index in [0.29, 0.717) is 24.6 Å². The van der Waals surface area contributed by atoms with Gasteiger partial charge >= 0.3 is 12.0 Å². The maximum atomic E-state index is 11.9. The van der Waals surface area contributed by atoms with Gasteiger partial charge in [0.15, 0.2) is 0 Å². The van der Waals surface area contributed by atoms with Crippen LogP contribution < -0.4 is 5.32 Å². The summed E-state index contributed by atoms with van der Waals surface area (Å²) in [5.41, 5.74) is 0. The molecular formula is C10H16N2O5S. The van der Waals surface area contributed by atoms with E-state index in [2.05, 4.69) is 5.32 Å². The highest BCUT2D eigenvalue weighted by molar-refractivity contribution is 7.85. The first-order valence-electron chi connectivity index (χ1n) is 5.79. The first-order valence-corrected chi connectivity index (χ1v) is 7.27. The van der Waals surface area contributed by atoms with Crippen molar-refractivity contribution < 1.29 is 23.6 Å². The molecule has 7 nitrogen and oxygen atoms in total. The summed E-state index contributed by atoms with van der Waals surface area (Å²) in [4.78, 5) is 24.4. The van der Waals surface area contributed by atoms with Crippen LogP contribution >= 0.6 is 0 Å². The van der Waals surface area contributed by atoms with Crippen molar-refractivity contribution in [2.45, 2.75) is 6.04 Å². The molecule has 2 heterocycles. The molecule has 0 aromatic rings. The molecule has 2 N–H and O–H groups in total. The predicted octanol–water partition coefficient (Wildman–Crippen LogP) is -1.14. The summed E-state index contributed by atoms with van der Waals surface area (Å²) < 4.78 is 16.2. The van der Waals surface area contributed by atoms with E-state index in [-0.39, 0.29) is 19.2 Å². The Labute approximate surface area is 107 Å². The highest BCUT2D eigenvalue weighted by Gasteiger charge is 2.36. The quantitative estimate of drug-likeness (QED) is 0.664. The second kappa shape index (κ2) is 5.66. The first-order chi connectivity index (χ1) is 8.58. The lowest BCUT2D eigenvalue weighted by atomic mass is 10.0. The summed E-state index contributed by atoms with van der Waals surface area (Å²) in [7, 11) is -0.836. The van der Waals surface area contributed by atoms with E-state index in [4.69, 9.17) is 9.84 Å². The third kappa shape index (κ3) is 2.99. The Morgan fingerprint density at radius 1 is 1.28 bits per heavy atom. The predicted molar refractivity (Wildman–Crippen MR) is 63.7 cm³/mol. The number of carboxylic acid groups (broad SMARTS) is 1. The number of hydrogen-bond acceptors (Lipinski definition) is 4. The van der Waals surface area contributed by atoms with Crippen molar-refractivity contribution in [2.75, 3.05) is 37.8 Å². The van der Waals surface area contributed by atoms with Gasteiger partial charge in [0, 0.05) is 35.4 Å². The summed E-state index contributed by atoms with van der Waals surface area (Å²) in [6.45, 7) is 1.25. The fourth-order valence-corrected chi connectivity index (χ4v) is 3.08. The summed E-state index contributed by atoms with van der Waals surface area (Å²) >= 11 is 0. The van der Waals surface area contributed by atoms with E-state index in [0.717, 1.165) is 0 Å². The van der Waals surface area contributed by atoms with E-state index in [1.54, 1.807) is 4.90 Å². The van der Waals surface area contributed by atoms with Gasteiger partial charge in [0.25, 0.3) is 0 Å². The molecule has 2 aliphatic heterocycles. The number of carbonyl (C=O) groups is 2. The number of aliphatic carboxylic acids is 1. The average molecular weight is 276 g/mol. The van der Waals surface area contributed by atoms with Crippen molar-refractivity contribution in [1.82, 2.24) is 10.2 Å². The third-order valence-corrected chi connectivity index (χ3v) is 4.45. The lowest BCUT2D eigenvalue weighted by molar-refractivity contribution is -0.142. The van der Waals surface area contributed by atoms with Crippen molar-refractivity contribution in [1.29, 1.82) is 0 Å². The minimum absolute atomic E-state index is 0.129. The van der Waals surface area contributed by atoms with Crippen LogP contribution in [-0.2, 0) is 20.3 Å². The number of ether oxygens (including phenoxy) is 1. The molecule has 18 heavy (non-hydrogen) atoms. The smallest absolute Gasteiger partial charge is 0.317 e. The second-order valence-electron chi connectivity index (χ2n) is 4.37. The molecule has 0 bridgehead atoms. The van der Waals surface area contributed by atoms with Gasteiger partial charge in [0.05, 0.1) is 19.3 Å². The lowest BCUT2D eigenvalue weighted by Crippen LogP contribution is -2.52. The van der Waals surface area contributed by atoms with Crippen LogP contribution in [0, 0.1) is 5.92 Å². The molecule has 8 heteroatoms. The Bertz CT molecular complexity index is 365. The molecule has 102 valence electrons. The van der Waals surface area contributed by atoms with Crippen LogP contribution in [0.1, 0.15) is 0 Å². The van der Waals surface area contributed by atoms with Crippen molar-refractivity contribution in [3.63, 3.8) is 0 Å². The normalized spacial score (nSPS) is 29.2. The minimum Gasteiger partial charge on any atom is -0.481 e. The summed E-state index contributed by atoms with van der Waals surface area (Å²) in [6, 6.07) is -0.782. The zero-order valence-corrected chi connectivity index (χ0v) is 10.6. The van der Waals surface area contributed by atoms with Gasteiger partial charge in [-0.25, -0.2) is 4.79 Å². The number of carboxylic acids is 1. The van der Waals surface area contributed by atoms with Gasteiger partial charge in [-0.2, -0.15) is 0 Å². The molecular weight excluding hydrogens is 260 g/mol. The number of urea groups is 1. The monoisotopic (exact) mass is 276 g/mol. The molecule has 2 aliphatic rings. The number of amides is 2. The van der Waals surface area contributed by atoms with E-state index in [1.807, 2.05) is 0 Å². The lowest BCUT2D eigenvalue weighted by Gasteiger charge is -2.28. The largest absolute Gasteiger partial charge is 0.481 e. The molecule has 2 saturated heterocycles. The van der Waals surface area contributed by atoms with Crippen LogP contribution in [0.3, 0.4) is 0 Å². The Kier molecular flexibility index (Phi) is 4.18. The maximum Gasteiger partial charge on any atom is 0.317 e. The SMILES string of the molecule is O=C(O)C1COCC1NC(=O)N1CCS(=O)CC1. The van der Waals surface area contributed by atoms with Gasteiger partial charge in [0.2, 0.25) is 0 Å². The number of rotatable bonds is 2. The van der Waals surface area contributed by atoms with E-state index < -0.39 is 28.7 Å². The fraction of sp³-hybridized carbons (Fsp3) is 0.800. The molecule has 0 radical (unpaired) electrons. The van der Waals surface area contributed by atoms with Gasteiger partial charge in [-0.3, -0.25) is 9.00 Å². The number of carbonyl (C=O) groups excluding carboxylic acids is 1. The van der Waals surface area contributed by atoms with Gasteiger partial charge in [-0.15, -0.1) is 0 Å². The second-order valence-corrected chi connectivity index (χ2v) is 6.07. The topological polar surface area (TPSA) is 95.9 Å². The van der Waals surface area contributed by atoms with Crippen LogP contribution in [-0.4, -0.2) is 70.1 Å². The van der Waals surface area contributed by atoms with Crippen LogP contribution in [0.2, 0.25) is 0 Å². The van der Waals surface area contributed by atoms with Crippen LogP contribution in [0.25, 0.3) is 0 Å². The third-order valence-electron chi connectivity index (χ3n) is 3.17. The molecule has 2 unspecified atom stereocenters. The van der Waals surface area contributed by atoms with Crippen molar-refractivity contribution in [2.24, 2.45) is 5.92 Å². The number of nitrogens with one attached hydrogen (secondary N) is 1. The van der Waals surface area contributed by atoms with Crippen molar-refractivity contribution >= 4 is 22.8 Å². The zero-order valence-electron chi connectivity index (χ0n) is 9.83. The molecule has 2 atom stereocenters. The van der Waals surface area contributed by atoms with Crippen LogP contribution in [0.4, 0.5) is 4.79 Å². The van der Waals surface area contributed by atoms with Gasteiger partial charge in [-0.05, 0) is 0 Å². The molecule has 0 spiro atoms. The molecule has 0 saturated carbocycles. The van der Waals surface area contributed by atoms with Gasteiger partial charge in [0.1, 0.15) is 5.92 Å². The Balaban J connectivity index is 1.87. The first kappa shape index (κ1) is 13.3. The number of hydrogen-bond donors (Lipinski definition) is 2. The molecule has 2 rings (SSSR count). The summed E-state index contributed by atoms with van der Waals surface area (Å²) in [5.74, 6) is -0.682. The minimum atomic E-state index is -0.961. The molecule has 2 amide bonds. The Morgan fingerprint density at radius 3 is 2.56 bits per heavy atom. The summed E-state index contributed by atoms with van der Waals surface area (Å²) in [5, 5.41) is 11.6. The molecule has 2 fully saturated rings. The van der Waals surface area contributed by atoms with E-state index in [1.165, 1.54) is 0 Å². The fourth-order valence-electron chi connectivity index (χ4n) is 2.03. The van der Waals surface area contributed by atoms with Crippen molar-refractivity contribution in [3.05, 3.63) is 0 Å². The average Bonchev–Trinajstić information content (AvgIpc) is 2.78. The highest BCUT2D eigenvalue weighted by Crippen LogP contribution is 2.14. The van der Waals surface area contributed by atoms with Crippen LogP contribution in [0.5, 0.6) is 0 Å². The molecule has 0 aromatic heterocycles. The van der Waals surface area contributed by atoms with E-state index in [9.17, 15) is 13.8 Å². The number of nitrogens with zero attached hydrogens (tertiary/aromatic N) is 1. The van der Waals surface area contributed by atoms with Crippen molar-refractivity contribution in [3.8, 4) is 0 Å². The van der Waals surface area contributed by atoms with Crippen LogP contribution in [0.15, 0.2) is 0 Å². The van der Waals surface area contributed by atoms with Gasteiger partial charge in [-0.1, -0.05) is 0 Å². The maximum absolute atomic E-state index is 11.9. The Hall–Kier alpha value is -1.15. The highest BCUT2D eigenvalue weighted by atomic mass is 32.2. The van der Waals surface area contributed by atoms with E-state index >= 15 is 0 Å². The van der Waals surface area contributed by atoms with Gasteiger partial charge < -0.3 is 20.1 Å².